The molecule has 0 aliphatic rings. The molecule has 2 aromatic carbocycles. The lowest BCUT2D eigenvalue weighted by atomic mass is 10.1. The van der Waals surface area contributed by atoms with Gasteiger partial charge in [-0.15, -0.1) is 0 Å². The van der Waals surface area contributed by atoms with Gasteiger partial charge in [-0.05, 0) is 48.4 Å². The molecule has 144 valence electrons. The summed E-state index contributed by atoms with van der Waals surface area (Å²) in [5.41, 5.74) is 2.36. The molecule has 0 spiro atoms. The largest absolute Gasteiger partial charge is 0.481 e. The molecular weight excluding hydrogens is 442 g/mol. The van der Waals surface area contributed by atoms with Gasteiger partial charge in [0.15, 0.2) is 9.84 Å². The average Bonchev–Trinajstić information content (AvgIpc) is 2.66. The van der Waals surface area contributed by atoms with E-state index in [0.717, 1.165) is 26.6 Å². The number of hydrogen-bond acceptors (Lipinski definition) is 4. The van der Waals surface area contributed by atoms with Crippen molar-refractivity contribution in [2.24, 2.45) is 0 Å². The highest BCUT2D eigenvalue weighted by molar-refractivity contribution is 9.10. The molecule has 0 aliphatic carbocycles. The van der Waals surface area contributed by atoms with Crippen LogP contribution in [0.2, 0.25) is 0 Å². The summed E-state index contributed by atoms with van der Waals surface area (Å²) in [5, 5.41) is 9.71. The van der Waals surface area contributed by atoms with E-state index in [9.17, 15) is 13.2 Å². The zero-order valence-electron chi connectivity index (χ0n) is 14.9. The van der Waals surface area contributed by atoms with E-state index < -0.39 is 15.8 Å². The molecule has 0 unspecified atom stereocenters. The molecule has 1 heterocycles. The van der Waals surface area contributed by atoms with E-state index in [-0.39, 0.29) is 23.5 Å². The SMILES string of the molecule is O=C(O)CCCS(=O)(=O)c1cccc(/C=C/c2ccc3ccc(Br)cc3n2)c1. The van der Waals surface area contributed by atoms with Crippen molar-refractivity contribution in [3.63, 3.8) is 0 Å². The first-order chi connectivity index (χ1) is 13.3. The van der Waals surface area contributed by atoms with Crippen molar-refractivity contribution in [1.29, 1.82) is 0 Å². The molecule has 0 atom stereocenters. The molecule has 0 fully saturated rings. The second kappa shape index (κ2) is 8.67. The lowest BCUT2D eigenvalue weighted by molar-refractivity contribution is -0.137. The normalized spacial score (nSPS) is 11.9. The summed E-state index contributed by atoms with van der Waals surface area (Å²) in [4.78, 5) is 15.4. The monoisotopic (exact) mass is 459 g/mol. The van der Waals surface area contributed by atoms with E-state index >= 15 is 0 Å². The number of nitrogens with zero attached hydrogens (tertiary/aromatic N) is 1. The molecular formula is C21H18BrNO4S. The van der Waals surface area contributed by atoms with Crippen LogP contribution in [0.4, 0.5) is 0 Å². The molecule has 5 nitrogen and oxygen atoms in total. The van der Waals surface area contributed by atoms with Crippen LogP contribution >= 0.6 is 15.9 Å². The van der Waals surface area contributed by atoms with Gasteiger partial charge in [0.05, 0.1) is 21.9 Å². The Hall–Kier alpha value is -2.51. The number of sulfone groups is 1. The fraction of sp³-hybridized carbons (Fsp3) is 0.143. The van der Waals surface area contributed by atoms with Gasteiger partial charge >= 0.3 is 5.97 Å². The number of benzene rings is 2. The van der Waals surface area contributed by atoms with Crippen LogP contribution in [0.25, 0.3) is 23.1 Å². The Morgan fingerprint density at radius 2 is 1.86 bits per heavy atom. The third-order valence-electron chi connectivity index (χ3n) is 4.14. The number of carboxylic acid groups (broad SMARTS) is 1. The predicted molar refractivity (Wildman–Crippen MR) is 114 cm³/mol. The van der Waals surface area contributed by atoms with Gasteiger partial charge in [-0.2, -0.15) is 0 Å². The van der Waals surface area contributed by atoms with Crippen molar-refractivity contribution in [1.82, 2.24) is 4.98 Å². The second-order valence-corrected chi connectivity index (χ2v) is 9.32. The highest BCUT2D eigenvalue weighted by Gasteiger charge is 2.15. The highest BCUT2D eigenvalue weighted by atomic mass is 79.9. The quantitative estimate of drug-likeness (QED) is 0.547. The van der Waals surface area contributed by atoms with Crippen LogP contribution in [0.5, 0.6) is 0 Å². The van der Waals surface area contributed by atoms with Crippen molar-refractivity contribution in [3.8, 4) is 0 Å². The number of halogens is 1. The third-order valence-corrected chi connectivity index (χ3v) is 6.43. The summed E-state index contributed by atoms with van der Waals surface area (Å²) in [6, 6.07) is 16.4. The first-order valence-electron chi connectivity index (χ1n) is 8.62. The summed E-state index contributed by atoms with van der Waals surface area (Å²) < 4.78 is 25.7. The van der Waals surface area contributed by atoms with Crippen molar-refractivity contribution >= 4 is 54.8 Å². The van der Waals surface area contributed by atoms with Gasteiger partial charge < -0.3 is 5.11 Å². The van der Waals surface area contributed by atoms with Gasteiger partial charge in [-0.3, -0.25) is 4.79 Å². The minimum Gasteiger partial charge on any atom is -0.481 e. The molecule has 28 heavy (non-hydrogen) atoms. The van der Waals surface area contributed by atoms with E-state index in [1.54, 1.807) is 12.1 Å². The Morgan fingerprint density at radius 3 is 2.64 bits per heavy atom. The van der Waals surface area contributed by atoms with Gasteiger partial charge in [-0.1, -0.05) is 46.3 Å². The second-order valence-electron chi connectivity index (χ2n) is 6.30. The van der Waals surface area contributed by atoms with Crippen LogP contribution in [0.1, 0.15) is 24.1 Å². The van der Waals surface area contributed by atoms with E-state index in [0.29, 0.717) is 0 Å². The Morgan fingerprint density at radius 1 is 1.07 bits per heavy atom. The molecule has 0 radical (unpaired) electrons. The number of rotatable bonds is 7. The zero-order chi connectivity index (χ0) is 20.1. The van der Waals surface area contributed by atoms with Crippen molar-refractivity contribution < 1.29 is 18.3 Å². The van der Waals surface area contributed by atoms with E-state index in [1.165, 1.54) is 6.07 Å². The molecule has 1 N–H and O–H groups in total. The summed E-state index contributed by atoms with van der Waals surface area (Å²) >= 11 is 3.44. The lowest BCUT2D eigenvalue weighted by Gasteiger charge is -2.05. The van der Waals surface area contributed by atoms with E-state index in [4.69, 9.17) is 5.11 Å². The van der Waals surface area contributed by atoms with Gasteiger partial charge in [0.1, 0.15) is 0 Å². The van der Waals surface area contributed by atoms with Crippen LogP contribution in [-0.4, -0.2) is 30.2 Å². The molecule has 0 amide bonds. The number of aromatic nitrogens is 1. The highest BCUT2D eigenvalue weighted by Crippen LogP contribution is 2.20. The fourth-order valence-corrected chi connectivity index (χ4v) is 4.43. The summed E-state index contributed by atoms with van der Waals surface area (Å²) in [6.45, 7) is 0. The Kier molecular flexibility index (Phi) is 6.26. The third kappa shape index (κ3) is 5.27. The lowest BCUT2D eigenvalue weighted by Crippen LogP contribution is -2.08. The number of hydrogen-bond donors (Lipinski definition) is 1. The number of aliphatic carboxylic acids is 1. The molecule has 0 saturated carbocycles. The number of fused-ring (bicyclic) bond motifs is 1. The number of carboxylic acids is 1. The van der Waals surface area contributed by atoms with Gasteiger partial charge in [0.2, 0.25) is 0 Å². The minimum absolute atomic E-state index is 0.0916. The first kappa shape index (κ1) is 20.2. The van der Waals surface area contributed by atoms with Gasteiger partial charge in [0, 0.05) is 16.3 Å². The van der Waals surface area contributed by atoms with Crippen LogP contribution in [0.3, 0.4) is 0 Å². The number of carbonyl (C=O) groups is 1. The first-order valence-corrected chi connectivity index (χ1v) is 11.1. The minimum atomic E-state index is -3.51. The van der Waals surface area contributed by atoms with Crippen LogP contribution < -0.4 is 0 Å². The Balaban J connectivity index is 1.79. The molecule has 0 bridgehead atoms. The topological polar surface area (TPSA) is 84.3 Å². The molecule has 3 aromatic rings. The molecule has 0 saturated heterocycles. The molecule has 7 heteroatoms. The summed E-state index contributed by atoms with van der Waals surface area (Å²) in [7, 11) is -3.51. The molecule has 3 rings (SSSR count). The smallest absolute Gasteiger partial charge is 0.303 e. The van der Waals surface area contributed by atoms with Gasteiger partial charge in [-0.25, -0.2) is 13.4 Å². The van der Waals surface area contributed by atoms with Crippen LogP contribution in [0.15, 0.2) is 64.0 Å². The predicted octanol–water partition coefficient (Wildman–Crippen LogP) is 4.81. The molecule has 0 aliphatic heterocycles. The van der Waals surface area contributed by atoms with Gasteiger partial charge in [0.25, 0.3) is 0 Å². The number of pyridine rings is 1. The molecule has 1 aromatic heterocycles. The van der Waals surface area contributed by atoms with Crippen molar-refractivity contribution in [3.05, 3.63) is 70.3 Å². The van der Waals surface area contributed by atoms with E-state index in [1.807, 2.05) is 48.6 Å². The average molecular weight is 460 g/mol. The van der Waals surface area contributed by atoms with E-state index in [2.05, 4.69) is 20.9 Å². The maximum absolute atomic E-state index is 12.4. The van der Waals surface area contributed by atoms with Crippen LogP contribution in [-0.2, 0) is 14.6 Å². The maximum atomic E-state index is 12.4. The van der Waals surface area contributed by atoms with Crippen LogP contribution in [0, 0.1) is 0 Å². The standard InChI is InChI=1S/C21H18BrNO4S/c22-17-9-7-16-8-11-18(23-20(16)14-17)10-6-15-3-1-4-19(13-15)28(26,27)12-2-5-21(24)25/h1,3-4,6-11,13-14H,2,5,12H2,(H,24,25)/b10-6+. The Labute approximate surface area is 171 Å². The fourth-order valence-electron chi connectivity index (χ4n) is 2.72. The van der Waals surface area contributed by atoms with Crippen molar-refractivity contribution in [2.75, 3.05) is 5.75 Å². The Bertz CT molecular complexity index is 1160. The summed E-state index contributed by atoms with van der Waals surface area (Å²) in [6.07, 6.45) is 3.57. The maximum Gasteiger partial charge on any atom is 0.303 e. The zero-order valence-corrected chi connectivity index (χ0v) is 17.3. The van der Waals surface area contributed by atoms with Crippen molar-refractivity contribution in [2.45, 2.75) is 17.7 Å². The summed E-state index contributed by atoms with van der Waals surface area (Å²) in [5.74, 6) is -1.19.